The summed E-state index contributed by atoms with van der Waals surface area (Å²) in [6.45, 7) is 0. The molecule has 8 nitrogen and oxygen atoms in total. The smallest absolute Gasteiger partial charge is 0.473 e. The summed E-state index contributed by atoms with van der Waals surface area (Å²) in [4.78, 5) is 19.8. The third-order valence-electron chi connectivity index (χ3n) is 5.11. The van der Waals surface area contributed by atoms with E-state index in [1.165, 1.54) is 61.4 Å². The number of pyridine rings is 2. The monoisotopic (exact) mass is 427 g/mol. The first-order chi connectivity index (χ1) is 14.6. The number of aliphatic imine (C=N–C) groups is 1. The van der Waals surface area contributed by atoms with Gasteiger partial charge in [0.2, 0.25) is 0 Å². The summed E-state index contributed by atoms with van der Waals surface area (Å²) in [5.74, 6) is 1.40. The van der Waals surface area contributed by atoms with Crippen LogP contribution >= 0.6 is 0 Å². The number of nitrogens with two attached hydrogens (primary N) is 2. The van der Waals surface area contributed by atoms with Gasteiger partial charge in [0, 0.05) is 18.3 Å². The minimum Gasteiger partial charge on any atom is -0.473 e. The number of hydrogen-bond acceptors (Lipinski definition) is 6. The fourth-order valence-electron chi connectivity index (χ4n) is 3.28. The quantitative estimate of drug-likeness (QED) is 0.194. The molecule has 2 aromatic rings. The molecule has 2 aliphatic rings. The molecule has 31 heavy (non-hydrogen) atoms. The largest absolute Gasteiger partial charge is 1.00 e. The van der Waals surface area contributed by atoms with E-state index in [1.54, 1.807) is 12.4 Å². The summed E-state index contributed by atoms with van der Waals surface area (Å²) in [5, 5.41) is 12.3. The van der Waals surface area contributed by atoms with Crippen LogP contribution in [0.15, 0.2) is 58.3 Å². The van der Waals surface area contributed by atoms with Crippen molar-refractivity contribution >= 4 is 12.2 Å². The molecule has 0 bridgehead atoms. The number of anilines is 1. The van der Waals surface area contributed by atoms with Crippen molar-refractivity contribution in [3.05, 3.63) is 64.5 Å². The molecular weight excluding hydrogens is 401 g/mol. The van der Waals surface area contributed by atoms with Crippen molar-refractivity contribution in [3.8, 4) is 11.8 Å². The third kappa shape index (κ3) is 7.55. The molecule has 0 atom stereocenters. The Morgan fingerprint density at radius 1 is 1.26 bits per heavy atom. The number of nitrogens with zero attached hydrogens (tertiary/aromatic N) is 4. The number of rotatable bonds is 5. The van der Waals surface area contributed by atoms with Crippen LogP contribution in [0.3, 0.4) is 0 Å². The Kier molecular flexibility index (Phi) is 9.79. The normalized spacial score (nSPS) is 16.2. The van der Waals surface area contributed by atoms with Crippen LogP contribution in [0, 0.1) is 17.2 Å². The zero-order chi connectivity index (χ0) is 21.3. The second kappa shape index (κ2) is 12.3. The van der Waals surface area contributed by atoms with Gasteiger partial charge in [-0.25, -0.2) is 4.98 Å². The van der Waals surface area contributed by atoms with Crippen LogP contribution in [0.25, 0.3) is 5.69 Å². The van der Waals surface area contributed by atoms with Gasteiger partial charge in [0.05, 0.1) is 17.4 Å². The van der Waals surface area contributed by atoms with Crippen molar-refractivity contribution in [1.82, 2.24) is 9.55 Å². The van der Waals surface area contributed by atoms with Crippen LogP contribution in [0.5, 0.6) is 0 Å². The molecule has 2 saturated carbocycles. The van der Waals surface area contributed by atoms with Gasteiger partial charge in [-0.15, -0.1) is 6.20 Å². The van der Waals surface area contributed by atoms with Crippen molar-refractivity contribution in [2.24, 2.45) is 22.4 Å². The first kappa shape index (κ1) is 24.7. The first-order valence-electron chi connectivity index (χ1n) is 10.1. The molecular formula is C22H26N7NaO. The molecule has 0 saturated heterocycles. The molecule has 5 N–H and O–H groups in total. The zero-order valence-electron chi connectivity index (χ0n) is 17.8. The van der Waals surface area contributed by atoms with E-state index < -0.39 is 0 Å². The Balaban J connectivity index is 0.000000289. The summed E-state index contributed by atoms with van der Waals surface area (Å²) in [6, 6.07) is 9.16. The molecule has 0 unspecified atom stereocenters. The average Bonchev–Trinajstić information content (AvgIpc) is 3.51. The molecule has 9 heteroatoms. The van der Waals surface area contributed by atoms with Crippen LogP contribution in [-0.4, -0.2) is 21.9 Å². The first-order valence-corrected chi connectivity index (χ1v) is 10.1. The summed E-state index contributed by atoms with van der Waals surface area (Å²) >= 11 is 0. The fraction of sp³-hybridized carbons (Fsp3) is 0.364. The van der Waals surface area contributed by atoms with Crippen LogP contribution in [0.1, 0.15) is 44.1 Å². The standard InChI is InChI=1S/C16H16N4O.C6H10N3.Na/c17-9-12-5-8-16(21)20(11-12)14-6-7-15(18-10-14)19-13-3-1-2-4-13;7-4-9-3-6(8)5-1-2-5;/h5-8,10-11,13H,1-4H2,(H,18,19);3,5H,1-2,8H2,(H2,7,9);/q;-1;+1/b;6-3-;. The van der Waals surface area contributed by atoms with Gasteiger partial charge in [0.1, 0.15) is 11.9 Å². The predicted octanol–water partition coefficient (Wildman–Crippen LogP) is -0.477. The van der Waals surface area contributed by atoms with Gasteiger partial charge in [-0.2, -0.15) is 5.26 Å². The number of allylic oxidation sites excluding steroid dienone is 1. The summed E-state index contributed by atoms with van der Waals surface area (Å²) in [5.41, 5.74) is 12.2. The maximum atomic E-state index is 11.9. The van der Waals surface area contributed by atoms with Gasteiger partial charge >= 0.3 is 29.6 Å². The second-order valence-corrected chi connectivity index (χ2v) is 7.43. The average molecular weight is 427 g/mol. The Bertz CT molecular complexity index is 998. The summed E-state index contributed by atoms with van der Waals surface area (Å²) in [6.07, 6.45) is 14.2. The van der Waals surface area contributed by atoms with E-state index in [2.05, 4.69) is 21.6 Å². The number of aromatic nitrogens is 2. The SMILES string of the molecule is N#Cc1ccc(=O)n(-c2ccc(NC3CCCC3)nc2)c1.N[C-]=N/C=C(\N)C1CC1.[Na+]. The maximum absolute atomic E-state index is 11.9. The van der Waals surface area contributed by atoms with Gasteiger partial charge < -0.3 is 21.8 Å². The molecule has 0 amide bonds. The summed E-state index contributed by atoms with van der Waals surface area (Å²) in [7, 11) is 0. The number of nitriles is 1. The molecule has 2 fully saturated rings. The molecule has 2 aromatic heterocycles. The summed E-state index contributed by atoms with van der Waals surface area (Å²) < 4.78 is 1.44. The Morgan fingerprint density at radius 3 is 2.58 bits per heavy atom. The van der Waals surface area contributed by atoms with E-state index in [0.717, 1.165) is 11.5 Å². The van der Waals surface area contributed by atoms with Crippen LogP contribution < -0.4 is 51.9 Å². The number of hydrogen-bond donors (Lipinski definition) is 3. The molecule has 0 aromatic carbocycles. The topological polar surface area (TPSA) is 135 Å². The Hall–Kier alpha value is -2.60. The van der Waals surface area contributed by atoms with Gasteiger partial charge in [-0.05, 0) is 49.8 Å². The van der Waals surface area contributed by atoms with Gasteiger partial charge in [-0.3, -0.25) is 9.36 Å². The maximum Gasteiger partial charge on any atom is 1.00 e. The van der Waals surface area contributed by atoms with Crippen molar-refractivity contribution in [1.29, 1.82) is 5.26 Å². The predicted molar refractivity (Wildman–Crippen MR) is 117 cm³/mol. The molecule has 0 spiro atoms. The Labute approximate surface area is 204 Å². The van der Waals surface area contributed by atoms with E-state index in [1.807, 2.05) is 18.2 Å². The second-order valence-electron chi connectivity index (χ2n) is 7.43. The van der Waals surface area contributed by atoms with Crippen molar-refractivity contribution in [2.75, 3.05) is 5.32 Å². The molecule has 156 valence electrons. The van der Waals surface area contributed by atoms with E-state index in [4.69, 9.17) is 16.7 Å². The molecule has 2 aliphatic carbocycles. The third-order valence-corrected chi connectivity index (χ3v) is 5.11. The van der Waals surface area contributed by atoms with Gasteiger partial charge in [0.25, 0.3) is 5.56 Å². The van der Waals surface area contributed by atoms with E-state index in [-0.39, 0.29) is 35.1 Å². The fourth-order valence-corrected chi connectivity index (χ4v) is 3.28. The van der Waals surface area contributed by atoms with Crippen molar-refractivity contribution in [2.45, 2.75) is 44.6 Å². The van der Waals surface area contributed by atoms with E-state index >= 15 is 0 Å². The van der Waals surface area contributed by atoms with Gasteiger partial charge in [-0.1, -0.05) is 24.9 Å². The van der Waals surface area contributed by atoms with E-state index in [9.17, 15) is 4.79 Å². The van der Waals surface area contributed by atoms with E-state index in [0.29, 0.717) is 23.2 Å². The minimum absolute atomic E-state index is 0. The molecule has 0 aliphatic heterocycles. The minimum atomic E-state index is -0.174. The van der Waals surface area contributed by atoms with Crippen LogP contribution in [0.4, 0.5) is 5.82 Å². The van der Waals surface area contributed by atoms with Crippen molar-refractivity contribution < 1.29 is 29.6 Å². The van der Waals surface area contributed by atoms with Gasteiger partial charge in [0.15, 0.2) is 0 Å². The Morgan fingerprint density at radius 2 is 2.00 bits per heavy atom. The zero-order valence-corrected chi connectivity index (χ0v) is 19.8. The van der Waals surface area contributed by atoms with Crippen LogP contribution in [-0.2, 0) is 0 Å². The number of nitrogens with one attached hydrogen (secondary N) is 1. The van der Waals surface area contributed by atoms with Crippen molar-refractivity contribution in [3.63, 3.8) is 0 Å². The molecule has 0 radical (unpaired) electrons. The molecule has 4 rings (SSSR count). The van der Waals surface area contributed by atoms with Crippen LogP contribution in [0.2, 0.25) is 0 Å². The molecule has 2 heterocycles.